The number of carbonyl (C=O) groups is 1. The zero-order valence-corrected chi connectivity index (χ0v) is 8.80. The predicted molar refractivity (Wildman–Crippen MR) is 55.7 cm³/mol. The highest BCUT2D eigenvalue weighted by molar-refractivity contribution is 5.88. The van der Waals surface area contributed by atoms with Gasteiger partial charge in [-0.1, -0.05) is 0 Å². The number of methoxy groups -OCH3 is 1. The van der Waals surface area contributed by atoms with Crippen molar-refractivity contribution in [1.29, 1.82) is 0 Å². The maximum atomic E-state index is 11.1. The van der Waals surface area contributed by atoms with Gasteiger partial charge in [-0.3, -0.25) is 0 Å². The number of rotatable bonds is 4. The molecule has 0 saturated heterocycles. The number of anilines is 1. The number of nitrogens with zero attached hydrogens (tertiary/aromatic N) is 3. The number of hydrogen-bond donors (Lipinski definition) is 1. The SMILES string of the molecule is COC(=O)c1cnc(N(C)CCN)nc1. The number of aromatic nitrogens is 2. The highest BCUT2D eigenvalue weighted by Crippen LogP contribution is 2.04. The molecule has 6 heteroatoms. The quantitative estimate of drug-likeness (QED) is 0.684. The Morgan fingerprint density at radius 3 is 2.60 bits per heavy atom. The molecular weight excluding hydrogens is 196 g/mol. The number of hydrogen-bond acceptors (Lipinski definition) is 6. The van der Waals surface area contributed by atoms with Gasteiger partial charge in [0.1, 0.15) is 0 Å². The number of carbonyl (C=O) groups excluding carboxylic acids is 1. The zero-order chi connectivity index (χ0) is 11.3. The van der Waals surface area contributed by atoms with E-state index >= 15 is 0 Å². The van der Waals surface area contributed by atoms with Crippen LogP contribution in [-0.2, 0) is 4.74 Å². The molecule has 15 heavy (non-hydrogen) atoms. The Bertz CT molecular complexity index is 325. The lowest BCUT2D eigenvalue weighted by molar-refractivity contribution is 0.0600. The van der Waals surface area contributed by atoms with Gasteiger partial charge in [-0.15, -0.1) is 0 Å². The van der Waals surface area contributed by atoms with Gasteiger partial charge in [0.05, 0.1) is 12.7 Å². The Morgan fingerprint density at radius 2 is 2.13 bits per heavy atom. The Kier molecular flexibility index (Phi) is 3.99. The molecule has 0 aliphatic heterocycles. The molecule has 0 unspecified atom stereocenters. The molecular formula is C9H14N4O2. The summed E-state index contributed by atoms with van der Waals surface area (Å²) in [4.78, 5) is 20.9. The lowest BCUT2D eigenvalue weighted by Gasteiger charge is -2.15. The topological polar surface area (TPSA) is 81.3 Å². The third kappa shape index (κ3) is 2.88. The van der Waals surface area contributed by atoms with Crippen molar-refractivity contribution in [3.05, 3.63) is 18.0 Å². The molecule has 0 atom stereocenters. The fraction of sp³-hybridized carbons (Fsp3) is 0.444. The lowest BCUT2D eigenvalue weighted by Crippen LogP contribution is -2.26. The van der Waals surface area contributed by atoms with Gasteiger partial charge in [0, 0.05) is 32.5 Å². The molecule has 0 spiro atoms. The Balaban J connectivity index is 2.76. The fourth-order valence-electron chi connectivity index (χ4n) is 1.04. The maximum absolute atomic E-state index is 11.1. The molecule has 1 aromatic heterocycles. The molecule has 0 bridgehead atoms. The Morgan fingerprint density at radius 1 is 1.53 bits per heavy atom. The number of ether oxygens (including phenoxy) is 1. The van der Waals surface area contributed by atoms with Crippen LogP contribution < -0.4 is 10.6 Å². The van der Waals surface area contributed by atoms with Gasteiger partial charge in [0.25, 0.3) is 0 Å². The van der Waals surface area contributed by atoms with Crippen LogP contribution in [0.1, 0.15) is 10.4 Å². The molecule has 6 nitrogen and oxygen atoms in total. The van der Waals surface area contributed by atoms with Crippen molar-refractivity contribution in [1.82, 2.24) is 9.97 Å². The van der Waals surface area contributed by atoms with E-state index in [1.54, 1.807) is 4.90 Å². The van der Waals surface area contributed by atoms with E-state index in [9.17, 15) is 4.79 Å². The van der Waals surface area contributed by atoms with E-state index in [1.807, 2.05) is 7.05 Å². The molecule has 0 radical (unpaired) electrons. The van der Waals surface area contributed by atoms with Gasteiger partial charge >= 0.3 is 5.97 Å². The van der Waals surface area contributed by atoms with Crippen LogP contribution in [0.2, 0.25) is 0 Å². The summed E-state index contributed by atoms with van der Waals surface area (Å²) in [5.41, 5.74) is 5.73. The van der Waals surface area contributed by atoms with Crippen LogP contribution in [0.25, 0.3) is 0 Å². The predicted octanol–water partition coefficient (Wildman–Crippen LogP) is -0.342. The van der Waals surface area contributed by atoms with Crippen molar-refractivity contribution >= 4 is 11.9 Å². The largest absolute Gasteiger partial charge is 0.465 e. The normalized spacial score (nSPS) is 9.80. The van der Waals surface area contributed by atoms with Gasteiger partial charge in [-0.2, -0.15) is 0 Å². The lowest BCUT2D eigenvalue weighted by atomic mass is 10.3. The maximum Gasteiger partial charge on any atom is 0.341 e. The number of likely N-dealkylation sites (N-methyl/N-ethyl adjacent to an activating group) is 1. The molecule has 2 N–H and O–H groups in total. The standard InChI is InChI=1S/C9H14N4O2/c1-13(4-3-10)9-11-5-7(6-12-9)8(14)15-2/h5-6H,3-4,10H2,1-2H3. The van der Waals surface area contributed by atoms with Crippen molar-refractivity contribution in [2.24, 2.45) is 5.73 Å². The van der Waals surface area contributed by atoms with Gasteiger partial charge in [0.15, 0.2) is 0 Å². The van der Waals surface area contributed by atoms with E-state index in [0.717, 1.165) is 0 Å². The van der Waals surface area contributed by atoms with Crippen LogP contribution in [0.5, 0.6) is 0 Å². The van der Waals surface area contributed by atoms with E-state index in [-0.39, 0.29) is 0 Å². The average molecular weight is 210 g/mol. The van der Waals surface area contributed by atoms with Crippen molar-refractivity contribution in [3.63, 3.8) is 0 Å². The minimum atomic E-state index is -0.442. The molecule has 1 aromatic rings. The van der Waals surface area contributed by atoms with Gasteiger partial charge < -0.3 is 15.4 Å². The fourth-order valence-corrected chi connectivity index (χ4v) is 1.04. The minimum Gasteiger partial charge on any atom is -0.465 e. The Hall–Kier alpha value is -1.69. The van der Waals surface area contributed by atoms with Crippen LogP contribution in [0.15, 0.2) is 12.4 Å². The van der Waals surface area contributed by atoms with Crippen molar-refractivity contribution < 1.29 is 9.53 Å². The second-order valence-electron chi connectivity index (χ2n) is 2.97. The monoisotopic (exact) mass is 210 g/mol. The Labute approximate surface area is 88.1 Å². The van der Waals surface area contributed by atoms with Gasteiger partial charge in [-0.05, 0) is 0 Å². The van der Waals surface area contributed by atoms with Crippen LogP contribution in [0.4, 0.5) is 5.95 Å². The zero-order valence-electron chi connectivity index (χ0n) is 8.80. The van der Waals surface area contributed by atoms with Crippen molar-refractivity contribution in [2.75, 3.05) is 32.1 Å². The first-order valence-electron chi connectivity index (χ1n) is 4.50. The van der Waals surface area contributed by atoms with Crippen LogP contribution >= 0.6 is 0 Å². The summed E-state index contributed by atoms with van der Waals surface area (Å²) < 4.78 is 4.53. The van der Waals surface area contributed by atoms with E-state index in [0.29, 0.717) is 24.6 Å². The second-order valence-corrected chi connectivity index (χ2v) is 2.97. The summed E-state index contributed by atoms with van der Waals surface area (Å²) in [5.74, 6) is 0.0936. The van der Waals surface area contributed by atoms with Crippen LogP contribution in [0.3, 0.4) is 0 Å². The molecule has 1 rings (SSSR count). The molecule has 0 saturated carbocycles. The third-order valence-corrected chi connectivity index (χ3v) is 1.87. The first-order valence-corrected chi connectivity index (χ1v) is 4.50. The molecule has 0 fully saturated rings. The van der Waals surface area contributed by atoms with Crippen molar-refractivity contribution in [3.8, 4) is 0 Å². The molecule has 0 aliphatic carbocycles. The summed E-state index contributed by atoms with van der Waals surface area (Å²) in [6.07, 6.45) is 2.86. The van der Waals surface area contributed by atoms with Gasteiger partial charge in [0.2, 0.25) is 5.95 Å². The van der Waals surface area contributed by atoms with Crippen molar-refractivity contribution in [2.45, 2.75) is 0 Å². The number of esters is 1. The third-order valence-electron chi connectivity index (χ3n) is 1.87. The van der Waals surface area contributed by atoms with Crippen LogP contribution in [-0.4, -0.2) is 43.2 Å². The molecule has 0 aliphatic rings. The molecule has 0 amide bonds. The van der Waals surface area contributed by atoms with Gasteiger partial charge in [-0.25, -0.2) is 14.8 Å². The first kappa shape index (κ1) is 11.4. The van der Waals surface area contributed by atoms with E-state index in [4.69, 9.17) is 5.73 Å². The van der Waals surface area contributed by atoms with E-state index < -0.39 is 5.97 Å². The summed E-state index contributed by atoms with van der Waals surface area (Å²) >= 11 is 0. The highest BCUT2D eigenvalue weighted by Gasteiger charge is 2.08. The summed E-state index contributed by atoms with van der Waals surface area (Å²) in [6.45, 7) is 1.19. The molecule has 0 aromatic carbocycles. The van der Waals surface area contributed by atoms with E-state index in [1.165, 1.54) is 19.5 Å². The minimum absolute atomic E-state index is 0.336. The molecule has 1 heterocycles. The highest BCUT2D eigenvalue weighted by atomic mass is 16.5. The van der Waals surface area contributed by atoms with Crippen LogP contribution in [0, 0.1) is 0 Å². The smallest absolute Gasteiger partial charge is 0.341 e. The first-order chi connectivity index (χ1) is 7.19. The molecule has 82 valence electrons. The summed E-state index contributed by atoms with van der Waals surface area (Å²) in [7, 11) is 3.15. The van der Waals surface area contributed by atoms with E-state index in [2.05, 4.69) is 14.7 Å². The number of nitrogens with two attached hydrogens (primary N) is 1. The summed E-state index contributed by atoms with van der Waals surface area (Å²) in [5, 5.41) is 0. The summed E-state index contributed by atoms with van der Waals surface area (Å²) in [6, 6.07) is 0. The second kappa shape index (κ2) is 5.26. The average Bonchev–Trinajstić information content (AvgIpc) is 2.28.